The number of hydrogen-bond donors (Lipinski definition) is 0. The maximum atomic E-state index is 16.1. The van der Waals surface area contributed by atoms with Crippen molar-refractivity contribution < 1.29 is 23.0 Å². The summed E-state index contributed by atoms with van der Waals surface area (Å²) in [7, 11) is 3.62. The number of hydrogen-bond acceptors (Lipinski definition) is 10. The molecular formula is C35H36F2N8O3S. The van der Waals surface area contributed by atoms with Gasteiger partial charge in [-0.05, 0) is 37.6 Å². The van der Waals surface area contributed by atoms with E-state index in [4.69, 9.17) is 29.5 Å². The van der Waals surface area contributed by atoms with Crippen LogP contribution in [0.25, 0.3) is 43.9 Å². The highest BCUT2D eigenvalue weighted by atomic mass is 32.1. The van der Waals surface area contributed by atoms with Crippen LogP contribution in [0.15, 0.2) is 54.7 Å². The molecule has 11 nitrogen and oxygen atoms in total. The van der Waals surface area contributed by atoms with Gasteiger partial charge in [-0.2, -0.15) is 5.10 Å². The average molecular weight is 687 g/mol. The van der Waals surface area contributed by atoms with Crippen LogP contribution >= 0.6 is 11.3 Å². The number of fused-ring (bicyclic) bond motifs is 2. The van der Waals surface area contributed by atoms with Crippen LogP contribution in [0.1, 0.15) is 18.7 Å². The molecule has 0 aliphatic carbocycles. The highest BCUT2D eigenvalue weighted by Gasteiger charge is 2.31. The van der Waals surface area contributed by atoms with Crippen molar-refractivity contribution in [2.75, 3.05) is 65.0 Å². The van der Waals surface area contributed by atoms with Gasteiger partial charge in [-0.1, -0.05) is 6.58 Å². The van der Waals surface area contributed by atoms with Crippen molar-refractivity contribution in [2.45, 2.75) is 19.5 Å². The molecule has 1 saturated heterocycles. The number of thiophene rings is 1. The van der Waals surface area contributed by atoms with Gasteiger partial charge in [0, 0.05) is 85.6 Å². The third kappa shape index (κ3) is 6.15. The summed E-state index contributed by atoms with van der Waals surface area (Å²) < 4.78 is 44.4. The van der Waals surface area contributed by atoms with Crippen LogP contribution in [0.4, 0.5) is 14.7 Å². The minimum atomic E-state index is -0.794. The Bertz CT molecular complexity index is 2020. The fraction of sp³-hybridized carbons (Fsp3) is 0.343. The van der Waals surface area contributed by atoms with Crippen LogP contribution in [-0.4, -0.2) is 101 Å². The number of rotatable bonds is 9. The molecule has 49 heavy (non-hydrogen) atoms. The molecule has 0 bridgehead atoms. The van der Waals surface area contributed by atoms with E-state index in [1.165, 1.54) is 30.6 Å². The van der Waals surface area contributed by atoms with Crippen molar-refractivity contribution in [3.8, 4) is 39.5 Å². The molecule has 1 fully saturated rings. The lowest BCUT2D eigenvalue weighted by Crippen LogP contribution is -2.45. The number of anilines is 1. The van der Waals surface area contributed by atoms with Gasteiger partial charge >= 0.3 is 0 Å². The Labute approximate surface area is 286 Å². The first kappa shape index (κ1) is 32.7. The summed E-state index contributed by atoms with van der Waals surface area (Å²) in [6, 6.07) is 5.53. The number of likely N-dealkylation sites (N-methyl/N-ethyl adjacent to an activating group) is 1. The van der Waals surface area contributed by atoms with Gasteiger partial charge in [-0.15, -0.1) is 11.3 Å². The molecule has 1 amide bonds. The Balaban J connectivity index is 1.42. The van der Waals surface area contributed by atoms with E-state index < -0.39 is 11.6 Å². The second-order valence-corrected chi connectivity index (χ2v) is 13.0. The largest absolute Gasteiger partial charge is 0.490 e. The van der Waals surface area contributed by atoms with E-state index in [0.717, 1.165) is 43.3 Å². The molecule has 14 heteroatoms. The van der Waals surface area contributed by atoms with E-state index in [-0.39, 0.29) is 36.5 Å². The summed E-state index contributed by atoms with van der Waals surface area (Å²) in [6.07, 6.45) is 4.83. The molecule has 0 saturated carbocycles. The van der Waals surface area contributed by atoms with Gasteiger partial charge < -0.3 is 24.2 Å². The second-order valence-electron chi connectivity index (χ2n) is 12.1. The van der Waals surface area contributed by atoms with E-state index in [1.807, 2.05) is 29.1 Å². The SMILES string of the molecule is C=CC(=O)N1CCn2nc(-c3nc(-c4cnc(N5CCN(C)CC5)nc4)c4ccsc4c3-c3c(F)cc(F)cc3OCCOC)cc2C1C. The standard InChI is InChI=1S/C35H36F2N8O3S/c1-5-29(46)44-11-12-45-27(21(44)2)18-26(41-45)33-31(30-25(37)16-23(36)17-28(30)48-14-13-47-4)34-24(6-15-49-34)32(40-33)22-19-38-35(39-20-22)43-9-7-42(3)8-10-43/h5-6,15-21H,1,7-14H2,2-4H3. The summed E-state index contributed by atoms with van der Waals surface area (Å²) in [6.45, 7) is 10.3. The number of methoxy groups -OCH3 is 1. The first-order chi connectivity index (χ1) is 23.8. The maximum Gasteiger partial charge on any atom is 0.246 e. The second kappa shape index (κ2) is 13.6. The number of nitrogens with zero attached hydrogens (tertiary/aromatic N) is 8. The third-order valence-electron chi connectivity index (χ3n) is 9.08. The van der Waals surface area contributed by atoms with Crippen LogP contribution in [0, 0.1) is 11.6 Å². The molecule has 2 aliphatic heterocycles. The molecule has 5 aromatic rings. The predicted molar refractivity (Wildman–Crippen MR) is 185 cm³/mol. The first-order valence-electron chi connectivity index (χ1n) is 16.1. The molecule has 1 unspecified atom stereocenters. The first-order valence-corrected chi connectivity index (χ1v) is 16.9. The Morgan fingerprint density at radius 3 is 2.55 bits per heavy atom. The zero-order valence-corrected chi connectivity index (χ0v) is 28.3. The van der Waals surface area contributed by atoms with Crippen molar-refractivity contribution in [2.24, 2.45) is 0 Å². The Hall–Kier alpha value is -4.79. The maximum absolute atomic E-state index is 16.1. The normalized spacial score (nSPS) is 16.6. The number of carbonyl (C=O) groups is 1. The van der Waals surface area contributed by atoms with Crippen LogP contribution in [0.3, 0.4) is 0 Å². The Kier molecular flexibility index (Phi) is 9.09. The molecule has 1 atom stereocenters. The Morgan fingerprint density at radius 1 is 1.04 bits per heavy atom. The number of carbonyl (C=O) groups excluding carboxylic acids is 1. The van der Waals surface area contributed by atoms with Gasteiger partial charge in [0.2, 0.25) is 11.9 Å². The van der Waals surface area contributed by atoms with Crippen molar-refractivity contribution in [3.63, 3.8) is 0 Å². The fourth-order valence-electron chi connectivity index (χ4n) is 6.45. The van der Waals surface area contributed by atoms with Gasteiger partial charge in [0.25, 0.3) is 0 Å². The average Bonchev–Trinajstić information content (AvgIpc) is 3.77. The number of aromatic nitrogens is 5. The van der Waals surface area contributed by atoms with Crippen molar-refractivity contribution in [1.29, 1.82) is 0 Å². The number of ether oxygens (including phenoxy) is 2. The molecule has 4 aromatic heterocycles. The lowest BCUT2D eigenvalue weighted by molar-refractivity contribution is -0.129. The van der Waals surface area contributed by atoms with Gasteiger partial charge in [-0.3, -0.25) is 9.48 Å². The van der Waals surface area contributed by atoms with Gasteiger partial charge in [0.05, 0.1) is 36.1 Å². The van der Waals surface area contributed by atoms with E-state index in [0.29, 0.717) is 51.9 Å². The summed E-state index contributed by atoms with van der Waals surface area (Å²) in [5.74, 6) is -1.05. The lowest BCUT2D eigenvalue weighted by Gasteiger charge is -2.33. The Morgan fingerprint density at radius 2 is 1.82 bits per heavy atom. The molecule has 2 aliphatic rings. The number of amides is 1. The quantitative estimate of drug-likeness (QED) is 0.149. The number of pyridine rings is 1. The van der Waals surface area contributed by atoms with Crippen LogP contribution in [-0.2, 0) is 16.1 Å². The molecule has 7 rings (SSSR count). The highest BCUT2D eigenvalue weighted by Crippen LogP contribution is 2.47. The molecule has 254 valence electrons. The zero-order chi connectivity index (χ0) is 34.2. The number of benzene rings is 1. The van der Waals surface area contributed by atoms with Gasteiger partial charge in [-0.25, -0.2) is 23.7 Å². The van der Waals surface area contributed by atoms with Crippen LogP contribution in [0.2, 0.25) is 0 Å². The summed E-state index contributed by atoms with van der Waals surface area (Å²) in [4.78, 5) is 33.4. The molecule has 6 heterocycles. The fourth-order valence-corrected chi connectivity index (χ4v) is 7.40. The van der Waals surface area contributed by atoms with Crippen LogP contribution in [0.5, 0.6) is 5.75 Å². The topological polar surface area (TPSA) is 102 Å². The summed E-state index contributed by atoms with van der Waals surface area (Å²) in [5.41, 5.74) is 3.44. The van der Waals surface area contributed by atoms with E-state index in [1.54, 1.807) is 17.3 Å². The van der Waals surface area contributed by atoms with Crippen molar-refractivity contribution >= 4 is 33.3 Å². The third-order valence-corrected chi connectivity index (χ3v) is 10.0. The minimum absolute atomic E-state index is 0.0278. The summed E-state index contributed by atoms with van der Waals surface area (Å²) in [5, 5.41) is 7.60. The van der Waals surface area contributed by atoms with Gasteiger partial charge in [0.1, 0.15) is 35.4 Å². The molecule has 0 spiro atoms. The molecule has 0 radical (unpaired) electrons. The minimum Gasteiger partial charge on any atom is -0.490 e. The zero-order valence-electron chi connectivity index (χ0n) is 27.5. The molecule has 1 aromatic carbocycles. The van der Waals surface area contributed by atoms with E-state index in [2.05, 4.69) is 23.4 Å². The number of piperazine rings is 1. The smallest absolute Gasteiger partial charge is 0.246 e. The van der Waals surface area contributed by atoms with E-state index >= 15 is 4.39 Å². The van der Waals surface area contributed by atoms with E-state index in [9.17, 15) is 9.18 Å². The number of halogens is 2. The summed E-state index contributed by atoms with van der Waals surface area (Å²) >= 11 is 1.41. The highest BCUT2D eigenvalue weighted by molar-refractivity contribution is 7.18. The molecular weight excluding hydrogens is 651 g/mol. The van der Waals surface area contributed by atoms with Crippen molar-refractivity contribution in [3.05, 3.63) is 72.0 Å². The van der Waals surface area contributed by atoms with Crippen LogP contribution < -0.4 is 9.64 Å². The van der Waals surface area contributed by atoms with Crippen molar-refractivity contribution in [1.82, 2.24) is 34.5 Å². The lowest BCUT2D eigenvalue weighted by atomic mass is 9.96. The molecule has 0 N–H and O–H groups in total. The monoisotopic (exact) mass is 686 g/mol. The predicted octanol–water partition coefficient (Wildman–Crippen LogP) is 5.43. The van der Waals surface area contributed by atoms with Gasteiger partial charge in [0.15, 0.2) is 0 Å².